The molecule has 2 N–H and O–H groups in total. The van der Waals surface area contributed by atoms with Crippen molar-refractivity contribution in [2.45, 2.75) is 0 Å². The maximum absolute atomic E-state index is 10.9. The van der Waals surface area contributed by atoms with Crippen molar-refractivity contribution in [1.82, 2.24) is 4.90 Å². The molecule has 5 heteroatoms. The Kier molecular flexibility index (Phi) is 1.70. The summed E-state index contributed by atoms with van der Waals surface area (Å²) in [5, 5.41) is 0. The Morgan fingerprint density at radius 2 is 2.31 bits per heavy atom. The van der Waals surface area contributed by atoms with Crippen molar-refractivity contribution in [3.05, 3.63) is 24.7 Å². The van der Waals surface area contributed by atoms with Crippen LogP contribution in [0.3, 0.4) is 0 Å². The highest BCUT2D eigenvalue weighted by molar-refractivity contribution is 6.66. The number of nitrogens with two attached hydrogens (primary N) is 1. The maximum atomic E-state index is 10.9. The van der Waals surface area contributed by atoms with Crippen LogP contribution in [0.15, 0.2) is 34.7 Å². The van der Waals surface area contributed by atoms with Gasteiger partial charge in [0.1, 0.15) is 0 Å². The summed E-state index contributed by atoms with van der Waals surface area (Å²) in [6, 6.07) is 0. The third kappa shape index (κ3) is 1.24. The van der Waals surface area contributed by atoms with Gasteiger partial charge in [0.15, 0.2) is 11.5 Å². The lowest BCUT2D eigenvalue weighted by Gasteiger charge is -2.24. The average Bonchev–Trinajstić information content (AvgIpc) is 2.17. The molecule has 13 heavy (non-hydrogen) atoms. The molecule has 0 fully saturated rings. The second-order valence-corrected chi connectivity index (χ2v) is 2.63. The molecule has 2 aliphatic heterocycles. The summed E-state index contributed by atoms with van der Waals surface area (Å²) in [4.78, 5) is 20.6. The van der Waals surface area contributed by atoms with Gasteiger partial charge in [-0.15, -0.1) is 0 Å². The van der Waals surface area contributed by atoms with Crippen LogP contribution >= 0.6 is 0 Å². The third-order valence-corrected chi connectivity index (χ3v) is 1.77. The minimum atomic E-state index is -0.552. The van der Waals surface area contributed by atoms with E-state index in [0.29, 0.717) is 12.4 Å². The summed E-state index contributed by atoms with van der Waals surface area (Å²) in [6.07, 6.45) is 6.83. The number of rotatable bonds is 1. The fraction of sp³-hybridized carbons (Fsp3) is 0.125. The standard InChI is InChI=1S/C8H8N4O/c9-7(13)6-8-11-2-1-4-12(8)5-3-10-6/h1-3,5H,4H2,(H2,9,13). The summed E-state index contributed by atoms with van der Waals surface area (Å²) in [5.74, 6) is -0.0269. The van der Waals surface area contributed by atoms with E-state index in [-0.39, 0.29) is 5.71 Å². The molecule has 0 saturated heterocycles. The molecule has 5 nitrogen and oxygen atoms in total. The zero-order valence-electron chi connectivity index (χ0n) is 6.84. The van der Waals surface area contributed by atoms with Crippen molar-refractivity contribution in [2.75, 3.05) is 6.54 Å². The molecule has 0 aliphatic carbocycles. The number of nitrogens with zero attached hydrogens (tertiary/aromatic N) is 3. The van der Waals surface area contributed by atoms with Gasteiger partial charge in [0.2, 0.25) is 0 Å². The first-order valence-electron chi connectivity index (χ1n) is 3.83. The molecule has 66 valence electrons. The Morgan fingerprint density at radius 1 is 1.46 bits per heavy atom. The molecular weight excluding hydrogens is 168 g/mol. The lowest BCUT2D eigenvalue weighted by atomic mass is 10.2. The van der Waals surface area contributed by atoms with E-state index in [9.17, 15) is 4.79 Å². The highest BCUT2D eigenvalue weighted by Crippen LogP contribution is 2.07. The molecule has 2 rings (SSSR count). The minimum Gasteiger partial charge on any atom is -0.364 e. The summed E-state index contributed by atoms with van der Waals surface area (Å²) in [7, 11) is 0. The molecule has 0 radical (unpaired) electrons. The fourth-order valence-corrected chi connectivity index (χ4v) is 1.19. The summed E-state index contributed by atoms with van der Waals surface area (Å²) in [5.41, 5.74) is 5.35. The second-order valence-electron chi connectivity index (χ2n) is 2.63. The van der Waals surface area contributed by atoms with Crippen molar-refractivity contribution in [3.63, 3.8) is 0 Å². The zero-order chi connectivity index (χ0) is 9.26. The van der Waals surface area contributed by atoms with Crippen LogP contribution in [0, 0.1) is 0 Å². The molecule has 0 unspecified atom stereocenters. The van der Waals surface area contributed by atoms with E-state index < -0.39 is 5.91 Å². The first-order valence-corrected chi connectivity index (χ1v) is 3.83. The van der Waals surface area contributed by atoms with Gasteiger partial charge in [0, 0.05) is 25.1 Å². The predicted octanol–water partition coefficient (Wildman–Crippen LogP) is -0.375. The zero-order valence-corrected chi connectivity index (χ0v) is 6.84. The van der Waals surface area contributed by atoms with Gasteiger partial charge in [-0.1, -0.05) is 0 Å². The monoisotopic (exact) mass is 176 g/mol. The first-order chi connectivity index (χ1) is 6.29. The molecule has 0 bridgehead atoms. The number of aliphatic imine (C=N–C) groups is 2. The van der Waals surface area contributed by atoms with Crippen molar-refractivity contribution >= 4 is 17.5 Å². The van der Waals surface area contributed by atoms with Crippen LogP contribution in [0.4, 0.5) is 0 Å². The van der Waals surface area contributed by atoms with Crippen molar-refractivity contribution in [1.29, 1.82) is 0 Å². The molecule has 0 aromatic carbocycles. The number of carbonyl (C=O) groups is 1. The number of fused-ring (bicyclic) bond motifs is 1. The van der Waals surface area contributed by atoms with Crippen LogP contribution in [-0.4, -0.2) is 28.9 Å². The normalized spacial score (nSPS) is 19.2. The van der Waals surface area contributed by atoms with E-state index in [4.69, 9.17) is 5.73 Å². The van der Waals surface area contributed by atoms with E-state index in [0.717, 1.165) is 0 Å². The van der Waals surface area contributed by atoms with E-state index in [1.807, 2.05) is 11.0 Å². The largest absolute Gasteiger partial charge is 0.364 e. The molecule has 2 heterocycles. The molecule has 0 saturated carbocycles. The topological polar surface area (TPSA) is 71.1 Å². The van der Waals surface area contributed by atoms with Gasteiger partial charge in [-0.05, 0) is 6.08 Å². The summed E-state index contributed by atoms with van der Waals surface area (Å²) < 4.78 is 0. The number of hydrogen-bond acceptors (Lipinski definition) is 4. The Morgan fingerprint density at radius 3 is 3.08 bits per heavy atom. The van der Waals surface area contributed by atoms with E-state index in [1.165, 1.54) is 6.20 Å². The second kappa shape index (κ2) is 2.85. The molecule has 0 aromatic heterocycles. The van der Waals surface area contributed by atoms with Crippen molar-refractivity contribution in [3.8, 4) is 0 Å². The SMILES string of the molecule is NC(=O)C1=NC=CN2CC=CN=C12. The van der Waals surface area contributed by atoms with Crippen LogP contribution in [0.5, 0.6) is 0 Å². The average molecular weight is 176 g/mol. The number of amidine groups is 1. The first kappa shape index (κ1) is 7.72. The molecule has 2 aliphatic rings. The van der Waals surface area contributed by atoms with Crippen LogP contribution < -0.4 is 5.73 Å². The van der Waals surface area contributed by atoms with Crippen LogP contribution in [-0.2, 0) is 4.79 Å². The Hall–Kier alpha value is -1.91. The third-order valence-electron chi connectivity index (χ3n) is 1.77. The van der Waals surface area contributed by atoms with Crippen LogP contribution in [0.25, 0.3) is 0 Å². The van der Waals surface area contributed by atoms with Crippen LogP contribution in [0.2, 0.25) is 0 Å². The molecule has 0 atom stereocenters. The lowest BCUT2D eigenvalue weighted by Crippen LogP contribution is -2.42. The van der Waals surface area contributed by atoms with E-state index >= 15 is 0 Å². The van der Waals surface area contributed by atoms with Gasteiger partial charge >= 0.3 is 0 Å². The van der Waals surface area contributed by atoms with E-state index in [2.05, 4.69) is 9.98 Å². The Balaban J connectivity index is 2.42. The molecule has 0 spiro atoms. The number of carbonyl (C=O) groups excluding carboxylic acids is 1. The van der Waals surface area contributed by atoms with Crippen LogP contribution in [0.1, 0.15) is 0 Å². The van der Waals surface area contributed by atoms with Gasteiger partial charge in [0.25, 0.3) is 5.91 Å². The van der Waals surface area contributed by atoms with Gasteiger partial charge in [-0.3, -0.25) is 4.79 Å². The van der Waals surface area contributed by atoms with Gasteiger partial charge < -0.3 is 10.6 Å². The van der Waals surface area contributed by atoms with Crippen molar-refractivity contribution < 1.29 is 4.79 Å². The molecule has 0 aromatic rings. The highest BCUT2D eigenvalue weighted by atomic mass is 16.1. The Bertz CT molecular complexity index is 364. The maximum Gasteiger partial charge on any atom is 0.271 e. The number of primary amides is 1. The molecular formula is C8H8N4O. The smallest absolute Gasteiger partial charge is 0.271 e. The van der Waals surface area contributed by atoms with Crippen molar-refractivity contribution in [2.24, 2.45) is 15.7 Å². The number of hydrogen-bond donors (Lipinski definition) is 1. The van der Waals surface area contributed by atoms with Gasteiger partial charge in [-0.2, -0.15) is 0 Å². The predicted molar refractivity (Wildman–Crippen MR) is 49.1 cm³/mol. The van der Waals surface area contributed by atoms with Gasteiger partial charge in [0.05, 0.1) is 0 Å². The summed E-state index contributed by atoms with van der Waals surface area (Å²) in [6.45, 7) is 0.696. The fourth-order valence-electron chi connectivity index (χ4n) is 1.19. The molecule has 1 amide bonds. The quantitative estimate of drug-likeness (QED) is 0.591. The lowest BCUT2D eigenvalue weighted by molar-refractivity contribution is -0.111. The highest BCUT2D eigenvalue weighted by Gasteiger charge is 2.22. The Labute approximate surface area is 75.0 Å². The van der Waals surface area contributed by atoms with Gasteiger partial charge in [-0.25, -0.2) is 9.98 Å². The minimum absolute atomic E-state index is 0.215. The van der Waals surface area contributed by atoms with E-state index in [1.54, 1.807) is 12.4 Å². The summed E-state index contributed by atoms with van der Waals surface area (Å²) >= 11 is 0. The number of amides is 1.